The van der Waals surface area contributed by atoms with Gasteiger partial charge in [-0.3, -0.25) is 15.0 Å². The van der Waals surface area contributed by atoms with Crippen LogP contribution in [0.15, 0.2) is 54.6 Å². The van der Waals surface area contributed by atoms with Crippen molar-refractivity contribution in [3.8, 4) is 0 Å². The number of hydrazine groups is 1. The first-order valence-corrected chi connectivity index (χ1v) is 12.2. The van der Waals surface area contributed by atoms with Gasteiger partial charge in [0.1, 0.15) is 11.4 Å². The maximum atomic E-state index is 14.5. The predicted molar refractivity (Wildman–Crippen MR) is 126 cm³/mol. The minimum Gasteiger partial charge on any atom is -0.379 e. The highest BCUT2D eigenvalue weighted by Crippen LogP contribution is 2.43. The molecule has 2 amide bonds. The van der Waals surface area contributed by atoms with Crippen LogP contribution in [0.1, 0.15) is 74.6 Å². The van der Waals surface area contributed by atoms with E-state index in [1.165, 1.54) is 18.2 Å². The first-order valence-electron chi connectivity index (χ1n) is 12.2. The molecule has 2 aliphatic carbocycles. The zero-order valence-corrected chi connectivity index (χ0v) is 19.0. The molecule has 0 radical (unpaired) electrons. The number of carbonyl (C=O) groups excluding carboxylic acids is 2. The summed E-state index contributed by atoms with van der Waals surface area (Å²) in [6.07, 6.45) is 9.38. The van der Waals surface area contributed by atoms with E-state index in [-0.39, 0.29) is 17.4 Å². The second-order valence-corrected chi connectivity index (χ2v) is 9.39. The second kappa shape index (κ2) is 10.5. The molecule has 6 heteroatoms. The van der Waals surface area contributed by atoms with Crippen molar-refractivity contribution in [2.24, 2.45) is 11.8 Å². The van der Waals surface area contributed by atoms with Crippen LogP contribution in [0.3, 0.4) is 0 Å². The molecule has 176 valence electrons. The third kappa shape index (κ3) is 4.96. The molecule has 2 aliphatic rings. The third-order valence-electron chi connectivity index (χ3n) is 7.35. The van der Waals surface area contributed by atoms with Crippen molar-refractivity contribution in [2.45, 2.75) is 69.8 Å². The van der Waals surface area contributed by atoms with Crippen LogP contribution in [0.2, 0.25) is 0 Å². The largest absolute Gasteiger partial charge is 0.379 e. The lowest BCUT2D eigenvalue weighted by atomic mass is 9.66. The van der Waals surface area contributed by atoms with Crippen LogP contribution in [0.4, 0.5) is 10.1 Å². The monoisotopic (exact) mass is 452 g/mol. The average Bonchev–Trinajstić information content (AvgIpc) is 2.88. The van der Waals surface area contributed by atoms with Crippen LogP contribution < -0.4 is 10.4 Å². The molecule has 0 aromatic heterocycles. The normalized spacial score (nSPS) is 18.0. The summed E-state index contributed by atoms with van der Waals surface area (Å²) in [6, 6.07) is 14.4. The van der Waals surface area contributed by atoms with Crippen LogP contribution in [-0.2, 0) is 4.79 Å². The van der Waals surface area contributed by atoms with Crippen molar-refractivity contribution in [1.29, 1.82) is 0 Å². The Labute approximate surface area is 195 Å². The summed E-state index contributed by atoms with van der Waals surface area (Å²) in [4.78, 5) is 27.2. The van der Waals surface area contributed by atoms with Gasteiger partial charge < -0.3 is 5.11 Å². The fourth-order valence-electron chi connectivity index (χ4n) is 5.55. The quantitative estimate of drug-likeness (QED) is 0.597. The summed E-state index contributed by atoms with van der Waals surface area (Å²) in [5.41, 5.74) is 1.44. The van der Waals surface area contributed by atoms with E-state index in [2.05, 4.69) is 5.43 Å². The van der Waals surface area contributed by atoms with Crippen molar-refractivity contribution in [3.05, 3.63) is 66.0 Å². The molecule has 0 heterocycles. The van der Waals surface area contributed by atoms with Crippen molar-refractivity contribution >= 4 is 17.5 Å². The van der Waals surface area contributed by atoms with E-state index in [1.807, 2.05) is 0 Å². The molecule has 2 saturated carbocycles. The molecule has 0 spiro atoms. The maximum absolute atomic E-state index is 14.5. The number of aliphatic hydroxyl groups is 1. The molecule has 0 unspecified atom stereocenters. The average molecular weight is 453 g/mol. The van der Waals surface area contributed by atoms with Gasteiger partial charge in [0.15, 0.2) is 0 Å². The first-order chi connectivity index (χ1) is 16.0. The van der Waals surface area contributed by atoms with E-state index in [9.17, 15) is 19.1 Å². The van der Waals surface area contributed by atoms with E-state index in [0.717, 1.165) is 69.2 Å². The van der Waals surface area contributed by atoms with Gasteiger partial charge in [-0.2, -0.15) is 0 Å². The number of hydrogen-bond donors (Lipinski definition) is 2. The smallest absolute Gasteiger partial charge is 0.279 e. The number of rotatable bonds is 5. The van der Waals surface area contributed by atoms with Gasteiger partial charge in [-0.1, -0.05) is 68.9 Å². The number of amides is 2. The number of nitrogens with zero attached hydrogens (tertiary/aromatic N) is 1. The number of anilines is 1. The van der Waals surface area contributed by atoms with Gasteiger partial charge >= 0.3 is 0 Å². The molecule has 0 atom stereocenters. The number of halogens is 1. The lowest BCUT2D eigenvalue weighted by Gasteiger charge is -2.44. The second-order valence-electron chi connectivity index (χ2n) is 9.39. The van der Waals surface area contributed by atoms with E-state index >= 15 is 0 Å². The molecule has 2 fully saturated rings. The van der Waals surface area contributed by atoms with Crippen molar-refractivity contribution in [3.63, 3.8) is 0 Å². The summed E-state index contributed by atoms with van der Waals surface area (Å²) in [5, 5.41) is 13.1. The lowest BCUT2D eigenvalue weighted by Crippen LogP contribution is -2.62. The Balaban J connectivity index is 1.67. The minimum absolute atomic E-state index is 0.138. The van der Waals surface area contributed by atoms with Gasteiger partial charge in [0, 0.05) is 0 Å². The van der Waals surface area contributed by atoms with Crippen LogP contribution in [0.25, 0.3) is 0 Å². The van der Waals surface area contributed by atoms with Gasteiger partial charge in [-0.15, -0.1) is 0 Å². The number of nitrogens with one attached hydrogen (secondary N) is 1. The SMILES string of the molecule is O=C(c1ccccc1F)N(NC(=O)C(O)(C1CCCCC1)C1CCCCC1)c1ccccc1. The molecule has 33 heavy (non-hydrogen) atoms. The van der Waals surface area contributed by atoms with Crippen LogP contribution in [0.5, 0.6) is 0 Å². The highest BCUT2D eigenvalue weighted by atomic mass is 19.1. The number of benzene rings is 2. The number of para-hydroxylation sites is 1. The van der Waals surface area contributed by atoms with Gasteiger partial charge in [-0.25, -0.2) is 9.40 Å². The van der Waals surface area contributed by atoms with Gasteiger partial charge in [0.25, 0.3) is 11.8 Å². The first kappa shape index (κ1) is 23.4. The summed E-state index contributed by atoms with van der Waals surface area (Å²) in [6.45, 7) is 0. The van der Waals surface area contributed by atoms with Gasteiger partial charge in [0.05, 0.1) is 11.3 Å². The van der Waals surface area contributed by atoms with Crippen molar-refractivity contribution in [2.75, 3.05) is 5.01 Å². The Hall–Kier alpha value is -2.73. The van der Waals surface area contributed by atoms with Gasteiger partial charge in [-0.05, 0) is 61.8 Å². The zero-order valence-electron chi connectivity index (χ0n) is 19.0. The molecular formula is C27H33FN2O3. The predicted octanol–water partition coefficient (Wildman–Crippen LogP) is 5.40. The maximum Gasteiger partial charge on any atom is 0.279 e. The van der Waals surface area contributed by atoms with E-state index in [4.69, 9.17) is 0 Å². The molecule has 0 aliphatic heterocycles. The van der Waals surface area contributed by atoms with Crippen molar-refractivity contribution < 1.29 is 19.1 Å². The summed E-state index contributed by atoms with van der Waals surface area (Å²) in [7, 11) is 0. The molecular weight excluding hydrogens is 419 g/mol. The highest BCUT2D eigenvalue weighted by Gasteiger charge is 2.50. The summed E-state index contributed by atoms with van der Waals surface area (Å²) < 4.78 is 14.5. The van der Waals surface area contributed by atoms with E-state index in [1.54, 1.807) is 36.4 Å². The number of carbonyl (C=O) groups is 2. The Morgan fingerprint density at radius 2 is 1.33 bits per heavy atom. The molecule has 0 bridgehead atoms. The van der Waals surface area contributed by atoms with Gasteiger partial charge in [0.2, 0.25) is 0 Å². The van der Waals surface area contributed by atoms with Crippen LogP contribution in [-0.4, -0.2) is 22.5 Å². The molecule has 2 N–H and O–H groups in total. The molecule has 0 saturated heterocycles. The van der Waals surface area contributed by atoms with Crippen molar-refractivity contribution in [1.82, 2.24) is 5.43 Å². The van der Waals surface area contributed by atoms with Crippen LogP contribution >= 0.6 is 0 Å². The Kier molecular flexibility index (Phi) is 7.43. The Bertz CT molecular complexity index is 935. The highest BCUT2D eigenvalue weighted by molar-refractivity contribution is 6.08. The fourth-order valence-corrected chi connectivity index (χ4v) is 5.55. The lowest BCUT2D eigenvalue weighted by molar-refractivity contribution is -0.159. The number of hydrogen-bond acceptors (Lipinski definition) is 3. The molecule has 2 aromatic carbocycles. The molecule has 2 aromatic rings. The zero-order chi connectivity index (χ0) is 23.3. The summed E-state index contributed by atoms with van der Waals surface area (Å²) in [5.74, 6) is -2.18. The Morgan fingerprint density at radius 3 is 1.88 bits per heavy atom. The fraction of sp³-hybridized carbons (Fsp3) is 0.481. The summed E-state index contributed by atoms with van der Waals surface area (Å²) >= 11 is 0. The third-order valence-corrected chi connectivity index (χ3v) is 7.35. The van der Waals surface area contributed by atoms with Crippen LogP contribution in [0, 0.1) is 17.7 Å². The van der Waals surface area contributed by atoms with E-state index in [0.29, 0.717) is 5.69 Å². The Morgan fingerprint density at radius 1 is 0.818 bits per heavy atom. The minimum atomic E-state index is -1.55. The topological polar surface area (TPSA) is 69.6 Å². The van der Waals surface area contributed by atoms with E-state index < -0.39 is 23.2 Å². The molecule has 5 nitrogen and oxygen atoms in total. The molecule has 4 rings (SSSR count). The standard InChI is InChI=1S/C27H33FN2O3/c28-24-19-11-10-18-23(24)25(31)30(22-16-8-3-9-17-22)29-26(32)27(33,20-12-4-1-5-13-20)21-14-6-2-7-15-21/h3,8-11,16-21,33H,1-2,4-7,12-15H2,(H,29,32).